The Balaban J connectivity index is 1.20. The third kappa shape index (κ3) is 4.94. The molecular weight excluding hydrogens is 663 g/mol. The molecule has 9 rings (SSSR count). The summed E-state index contributed by atoms with van der Waals surface area (Å²) in [6.45, 7) is 2.25. The number of likely N-dealkylation sites (N-methyl/N-ethyl adjacent to an activating group) is 1. The maximum Gasteiger partial charge on any atom is 0.265 e. The smallest absolute Gasteiger partial charge is 0.265 e. The average molecular weight is 704 g/mol. The van der Waals surface area contributed by atoms with Crippen LogP contribution in [-0.4, -0.2) is 73.9 Å². The van der Waals surface area contributed by atoms with Crippen molar-refractivity contribution >= 4 is 32.7 Å². The van der Waals surface area contributed by atoms with Gasteiger partial charge in [-0.05, 0) is 92.2 Å². The van der Waals surface area contributed by atoms with Gasteiger partial charge in [-0.3, -0.25) is 9.59 Å². The molecule has 2 aliphatic carbocycles. The van der Waals surface area contributed by atoms with Crippen molar-refractivity contribution in [3.8, 4) is 23.1 Å². The lowest BCUT2D eigenvalue weighted by atomic mass is 9.81. The molecule has 4 aromatic rings. The topological polar surface area (TPSA) is 125 Å². The van der Waals surface area contributed by atoms with Gasteiger partial charge in [-0.15, -0.1) is 0 Å². The van der Waals surface area contributed by atoms with Gasteiger partial charge in [0.05, 0.1) is 23.8 Å². The number of carbonyl (C=O) groups is 2. The molecule has 262 valence electrons. The third-order valence-corrected chi connectivity index (χ3v) is 13.7. The van der Waals surface area contributed by atoms with Crippen LogP contribution in [0.15, 0.2) is 65.6 Å². The second-order valence-electron chi connectivity index (χ2n) is 15.3. The maximum absolute atomic E-state index is 14.9. The van der Waals surface area contributed by atoms with E-state index in [-0.39, 0.29) is 39.9 Å². The van der Waals surface area contributed by atoms with Crippen molar-refractivity contribution < 1.29 is 22.7 Å². The number of nitrogens with one attached hydrogen (secondary N) is 1. The molecule has 2 bridgehead atoms. The van der Waals surface area contributed by atoms with Gasteiger partial charge in [0.25, 0.3) is 15.9 Å². The van der Waals surface area contributed by atoms with E-state index in [2.05, 4.69) is 38.3 Å². The van der Waals surface area contributed by atoms with Gasteiger partial charge in [0.15, 0.2) is 0 Å². The lowest BCUT2D eigenvalue weighted by Gasteiger charge is -2.56. The fourth-order valence-corrected chi connectivity index (χ4v) is 11.0. The van der Waals surface area contributed by atoms with Gasteiger partial charge in [0.1, 0.15) is 16.7 Å². The number of methoxy groups -OCH3 is 1. The van der Waals surface area contributed by atoms with Crippen molar-refractivity contribution in [3.05, 3.63) is 82.9 Å². The first kappa shape index (κ1) is 32.3. The second kappa shape index (κ2) is 11.7. The van der Waals surface area contributed by atoms with Gasteiger partial charge in [0.2, 0.25) is 5.91 Å². The Hall–Kier alpha value is -4.66. The molecule has 1 aromatic heterocycles. The molecule has 11 heteroatoms. The van der Waals surface area contributed by atoms with Crippen molar-refractivity contribution in [2.45, 2.75) is 80.3 Å². The zero-order valence-electron chi connectivity index (χ0n) is 28.9. The summed E-state index contributed by atoms with van der Waals surface area (Å²) in [7, 11) is -0.518. The molecule has 0 spiro atoms. The molecule has 0 radical (unpaired) electrons. The zero-order chi connectivity index (χ0) is 35.2. The van der Waals surface area contributed by atoms with Crippen molar-refractivity contribution in [1.82, 2.24) is 19.1 Å². The first-order chi connectivity index (χ1) is 24.6. The Morgan fingerprint density at radius 1 is 1.00 bits per heavy atom. The highest BCUT2D eigenvalue weighted by molar-refractivity contribution is 7.90. The molecule has 4 unspecified atom stereocenters. The molecule has 2 amide bonds. The van der Waals surface area contributed by atoms with Gasteiger partial charge in [0, 0.05) is 59.7 Å². The summed E-state index contributed by atoms with van der Waals surface area (Å²) in [6.07, 6.45) is 7.41. The van der Waals surface area contributed by atoms with E-state index in [1.54, 1.807) is 25.3 Å². The Labute approximate surface area is 298 Å². The Bertz CT molecular complexity index is 2270. The first-order valence-corrected chi connectivity index (χ1v) is 19.5. The number of nitrogens with zero attached hydrogens (tertiary/aromatic N) is 4. The number of ether oxygens (including phenoxy) is 1. The molecule has 2 saturated carbocycles. The molecule has 4 atom stereocenters. The number of aromatic nitrogens is 1. The summed E-state index contributed by atoms with van der Waals surface area (Å²) in [5, 5.41) is 10.6. The van der Waals surface area contributed by atoms with E-state index < -0.39 is 21.3 Å². The largest absolute Gasteiger partial charge is 0.497 e. The third-order valence-electron chi connectivity index (χ3n) is 12.3. The van der Waals surface area contributed by atoms with Crippen LogP contribution in [0, 0.1) is 16.7 Å². The molecule has 5 aliphatic rings. The fourth-order valence-electron chi connectivity index (χ4n) is 9.86. The second-order valence-corrected chi connectivity index (χ2v) is 17.0. The summed E-state index contributed by atoms with van der Waals surface area (Å²) in [6, 6.07) is 19.9. The molecule has 3 aromatic carbocycles. The van der Waals surface area contributed by atoms with E-state index in [0.717, 1.165) is 85.1 Å². The van der Waals surface area contributed by atoms with Crippen molar-refractivity contribution in [2.24, 2.45) is 5.41 Å². The summed E-state index contributed by atoms with van der Waals surface area (Å²) >= 11 is 0. The number of benzene rings is 3. The minimum Gasteiger partial charge on any atom is -0.497 e. The predicted molar refractivity (Wildman–Crippen MR) is 192 cm³/mol. The summed E-state index contributed by atoms with van der Waals surface area (Å²) < 4.78 is 37.0. The summed E-state index contributed by atoms with van der Waals surface area (Å²) in [5.41, 5.74) is 4.97. The van der Waals surface area contributed by atoms with E-state index in [4.69, 9.17) is 4.74 Å². The van der Waals surface area contributed by atoms with E-state index in [1.807, 2.05) is 18.2 Å². The van der Waals surface area contributed by atoms with Gasteiger partial charge in [-0.25, -0.2) is 13.1 Å². The molecule has 2 saturated heterocycles. The van der Waals surface area contributed by atoms with Gasteiger partial charge in [-0.2, -0.15) is 5.26 Å². The van der Waals surface area contributed by atoms with Crippen LogP contribution >= 0.6 is 0 Å². The average Bonchev–Trinajstić information content (AvgIpc) is 3.81. The normalized spacial score (nSPS) is 25.4. The zero-order valence-corrected chi connectivity index (χ0v) is 29.7. The van der Waals surface area contributed by atoms with Crippen molar-refractivity contribution in [3.63, 3.8) is 0 Å². The SMILES string of the molecule is COc1ccc2c(c1)C1CC1(C(=O)N1C3CC1CN(C)C3)Cn1c-2c(C2CCCCC2)c2ccc(C(=O)NS(=O)(=O)c3ccccc3C#N)cc21. The lowest BCUT2D eigenvalue weighted by Crippen LogP contribution is -2.70. The molecule has 3 aliphatic heterocycles. The predicted octanol–water partition coefficient (Wildman–Crippen LogP) is 5.76. The van der Waals surface area contributed by atoms with E-state index >= 15 is 0 Å². The van der Waals surface area contributed by atoms with E-state index in [0.29, 0.717) is 12.5 Å². The highest BCUT2D eigenvalue weighted by atomic mass is 32.2. The Morgan fingerprint density at radius 3 is 2.51 bits per heavy atom. The monoisotopic (exact) mass is 703 g/mol. The van der Waals surface area contributed by atoms with Crippen LogP contribution in [0.3, 0.4) is 0 Å². The number of nitriles is 1. The van der Waals surface area contributed by atoms with Gasteiger partial charge >= 0.3 is 0 Å². The van der Waals surface area contributed by atoms with E-state index in [1.165, 1.54) is 30.2 Å². The van der Waals surface area contributed by atoms with Gasteiger partial charge in [-0.1, -0.05) is 37.5 Å². The lowest BCUT2D eigenvalue weighted by molar-refractivity contribution is -0.159. The number of piperidine rings is 1. The number of likely N-dealkylation sites (tertiary alicyclic amines) is 2. The minimum atomic E-state index is -4.32. The van der Waals surface area contributed by atoms with Gasteiger partial charge < -0.3 is 19.1 Å². The van der Waals surface area contributed by atoms with Crippen LogP contribution < -0.4 is 9.46 Å². The number of hydrogen-bond acceptors (Lipinski definition) is 7. The van der Waals surface area contributed by atoms with Crippen LogP contribution in [0.1, 0.15) is 83.8 Å². The number of rotatable bonds is 6. The van der Waals surface area contributed by atoms with Crippen molar-refractivity contribution in [2.75, 3.05) is 27.2 Å². The van der Waals surface area contributed by atoms with Crippen LogP contribution in [0.2, 0.25) is 0 Å². The number of hydrogen-bond donors (Lipinski definition) is 1. The number of amides is 2. The molecule has 51 heavy (non-hydrogen) atoms. The Morgan fingerprint density at radius 2 is 1.76 bits per heavy atom. The van der Waals surface area contributed by atoms with Crippen LogP contribution in [0.5, 0.6) is 5.75 Å². The number of piperazine rings is 1. The molecule has 1 N–H and O–H groups in total. The quantitative estimate of drug-likeness (QED) is 0.271. The van der Waals surface area contributed by atoms with Crippen LogP contribution in [0.25, 0.3) is 22.2 Å². The number of fused-ring (bicyclic) bond motifs is 9. The molecule has 4 fully saturated rings. The van der Waals surface area contributed by atoms with Crippen molar-refractivity contribution in [1.29, 1.82) is 5.26 Å². The van der Waals surface area contributed by atoms with E-state index in [9.17, 15) is 23.3 Å². The number of sulfonamides is 1. The number of carbonyl (C=O) groups excluding carboxylic acids is 2. The Kier molecular flexibility index (Phi) is 7.39. The molecule has 4 heterocycles. The van der Waals surface area contributed by atoms with Crippen LogP contribution in [0.4, 0.5) is 0 Å². The standard InChI is InChI=1S/C40H41N5O5S/c1-43-21-27-17-28(22-43)45(27)39(47)40-19-33(40)32-18-29(50-2)13-15-30(32)37-36(24-8-4-3-5-9-24)31-14-12-25(16-34(31)44(37)23-40)38(46)42-51(48,49)35-11-7-6-10-26(35)20-41/h6-7,10-16,18,24,27-28,33H,3-5,8-9,17,19,21-23H2,1-2H3,(H,42,46). The molecule has 10 nitrogen and oxygen atoms in total. The van der Waals surface area contributed by atoms with Crippen LogP contribution in [-0.2, 0) is 21.4 Å². The maximum atomic E-state index is 14.9. The summed E-state index contributed by atoms with van der Waals surface area (Å²) in [5.74, 6) is 0.583. The first-order valence-electron chi connectivity index (χ1n) is 18.1. The fraction of sp³-hybridized carbons (Fsp3) is 0.425. The highest BCUT2D eigenvalue weighted by Gasteiger charge is 2.66. The summed E-state index contributed by atoms with van der Waals surface area (Å²) in [4.78, 5) is 32.9. The highest BCUT2D eigenvalue weighted by Crippen LogP contribution is 2.67. The molecular formula is C40H41N5O5S. The minimum absolute atomic E-state index is 0.0375.